The molecule has 1 aromatic carbocycles. The molecule has 0 aromatic heterocycles. The van der Waals surface area contributed by atoms with Crippen LogP contribution in [0.1, 0.15) is 13.3 Å². The summed E-state index contributed by atoms with van der Waals surface area (Å²) in [4.78, 5) is 0.147. The van der Waals surface area contributed by atoms with Crippen LogP contribution in [0.15, 0.2) is 27.6 Å². The molecule has 1 rings (SSSR count). The van der Waals surface area contributed by atoms with Gasteiger partial charge in [0.1, 0.15) is 4.90 Å². The van der Waals surface area contributed by atoms with Gasteiger partial charge in [-0.15, -0.1) is 0 Å². The summed E-state index contributed by atoms with van der Waals surface area (Å²) in [5.74, 6) is 0. The van der Waals surface area contributed by atoms with Crippen molar-refractivity contribution < 1.29 is 8.42 Å². The molecule has 0 radical (unpaired) electrons. The van der Waals surface area contributed by atoms with Gasteiger partial charge in [0.05, 0.1) is 5.02 Å². The number of benzene rings is 1. The molecule has 0 atom stereocenters. The third kappa shape index (κ3) is 2.97. The minimum Gasteiger partial charge on any atom is -0.207 e. The van der Waals surface area contributed by atoms with Crippen molar-refractivity contribution in [2.45, 2.75) is 18.2 Å². The van der Waals surface area contributed by atoms with E-state index in [-0.39, 0.29) is 9.92 Å². The first-order valence-electron chi connectivity index (χ1n) is 4.81. The second-order valence-corrected chi connectivity index (χ2v) is 6.74. The predicted octanol–water partition coefficient (Wildman–Crippen LogP) is 3.13. The Morgan fingerprint density at radius 1 is 1.44 bits per heavy atom. The zero-order valence-electron chi connectivity index (χ0n) is 9.07. The fraction of sp³-hybridized carbons (Fsp3) is 0.400. The SMILES string of the molecule is CCCN(C)S(=O)(=O)c1ccc(Br)cc1Cl. The predicted molar refractivity (Wildman–Crippen MR) is 69.3 cm³/mol. The van der Waals surface area contributed by atoms with Gasteiger partial charge in [-0.05, 0) is 24.6 Å². The Bertz CT molecular complexity index is 476. The smallest absolute Gasteiger partial charge is 0.207 e. The zero-order valence-corrected chi connectivity index (χ0v) is 12.2. The van der Waals surface area contributed by atoms with E-state index in [1.54, 1.807) is 19.2 Å². The Balaban J connectivity index is 3.17. The minimum atomic E-state index is -3.47. The molecule has 0 amide bonds. The molecule has 0 aliphatic carbocycles. The van der Waals surface area contributed by atoms with Crippen molar-refractivity contribution in [1.82, 2.24) is 4.31 Å². The summed E-state index contributed by atoms with van der Waals surface area (Å²) in [5, 5.41) is 0.234. The van der Waals surface area contributed by atoms with Gasteiger partial charge in [0.25, 0.3) is 0 Å². The van der Waals surface area contributed by atoms with Crippen molar-refractivity contribution in [3.8, 4) is 0 Å². The van der Waals surface area contributed by atoms with Gasteiger partial charge in [-0.3, -0.25) is 0 Å². The molecule has 0 spiro atoms. The largest absolute Gasteiger partial charge is 0.244 e. The molecule has 0 saturated carbocycles. The molecule has 0 N–H and O–H groups in total. The first-order valence-corrected chi connectivity index (χ1v) is 7.42. The molecule has 0 fully saturated rings. The molecule has 6 heteroatoms. The van der Waals surface area contributed by atoms with Crippen LogP contribution in [-0.2, 0) is 10.0 Å². The van der Waals surface area contributed by atoms with Crippen LogP contribution in [-0.4, -0.2) is 26.3 Å². The van der Waals surface area contributed by atoms with E-state index in [0.29, 0.717) is 6.54 Å². The van der Waals surface area contributed by atoms with Crippen LogP contribution in [0.5, 0.6) is 0 Å². The van der Waals surface area contributed by atoms with Gasteiger partial charge < -0.3 is 0 Å². The Hall–Kier alpha value is -0.100. The van der Waals surface area contributed by atoms with Gasteiger partial charge in [-0.2, -0.15) is 0 Å². The average molecular weight is 327 g/mol. The first-order chi connectivity index (χ1) is 7.39. The van der Waals surface area contributed by atoms with Gasteiger partial charge in [-0.1, -0.05) is 34.5 Å². The summed E-state index contributed by atoms with van der Waals surface area (Å²) in [6.07, 6.45) is 0.768. The number of nitrogens with zero attached hydrogens (tertiary/aromatic N) is 1. The van der Waals surface area contributed by atoms with Gasteiger partial charge in [0.2, 0.25) is 10.0 Å². The molecular weight excluding hydrogens is 314 g/mol. The highest BCUT2D eigenvalue weighted by atomic mass is 79.9. The standard InChI is InChI=1S/C10H13BrClNO2S/c1-3-6-13(2)16(14,15)10-5-4-8(11)7-9(10)12/h4-5,7H,3,6H2,1-2H3. The van der Waals surface area contributed by atoms with E-state index in [0.717, 1.165) is 10.9 Å². The summed E-state index contributed by atoms with van der Waals surface area (Å²) >= 11 is 9.16. The second-order valence-electron chi connectivity index (χ2n) is 3.40. The molecule has 0 unspecified atom stereocenters. The lowest BCUT2D eigenvalue weighted by molar-refractivity contribution is 0.468. The molecule has 16 heavy (non-hydrogen) atoms. The van der Waals surface area contributed by atoms with E-state index in [9.17, 15) is 8.42 Å². The molecule has 3 nitrogen and oxygen atoms in total. The van der Waals surface area contributed by atoms with Gasteiger partial charge in [0.15, 0.2) is 0 Å². The molecule has 0 saturated heterocycles. The highest BCUT2D eigenvalue weighted by Gasteiger charge is 2.22. The van der Waals surface area contributed by atoms with E-state index >= 15 is 0 Å². The molecule has 1 aromatic rings. The summed E-state index contributed by atoms with van der Waals surface area (Å²) in [7, 11) is -1.92. The van der Waals surface area contributed by atoms with Crippen LogP contribution in [0.3, 0.4) is 0 Å². The maximum absolute atomic E-state index is 12.1. The zero-order chi connectivity index (χ0) is 12.3. The number of rotatable bonds is 4. The molecule has 90 valence electrons. The second kappa shape index (κ2) is 5.49. The number of hydrogen-bond acceptors (Lipinski definition) is 2. The van der Waals surface area contributed by atoms with Crippen LogP contribution in [0.4, 0.5) is 0 Å². The summed E-state index contributed by atoms with van der Waals surface area (Å²) in [6, 6.07) is 4.75. The highest BCUT2D eigenvalue weighted by molar-refractivity contribution is 9.10. The van der Waals surface area contributed by atoms with Crippen LogP contribution in [0.2, 0.25) is 5.02 Å². The maximum Gasteiger partial charge on any atom is 0.244 e. The van der Waals surface area contributed by atoms with Gasteiger partial charge >= 0.3 is 0 Å². The number of halogens is 2. The molecule has 0 aliphatic heterocycles. The van der Waals surface area contributed by atoms with Crippen molar-refractivity contribution in [3.05, 3.63) is 27.7 Å². The maximum atomic E-state index is 12.1. The van der Waals surface area contributed by atoms with E-state index in [4.69, 9.17) is 11.6 Å². The lowest BCUT2D eigenvalue weighted by atomic mass is 10.4. The van der Waals surface area contributed by atoms with Crippen LogP contribution in [0, 0.1) is 0 Å². The van der Waals surface area contributed by atoms with E-state index < -0.39 is 10.0 Å². The van der Waals surface area contributed by atoms with Crippen molar-refractivity contribution in [1.29, 1.82) is 0 Å². The molecular formula is C10H13BrClNO2S. The van der Waals surface area contributed by atoms with Crippen LogP contribution < -0.4 is 0 Å². The lowest BCUT2D eigenvalue weighted by Gasteiger charge is -2.17. The first kappa shape index (κ1) is 14.0. The quantitative estimate of drug-likeness (QED) is 0.852. The number of hydrogen-bond donors (Lipinski definition) is 0. The lowest BCUT2D eigenvalue weighted by Crippen LogP contribution is -2.27. The van der Waals surface area contributed by atoms with Gasteiger partial charge in [-0.25, -0.2) is 12.7 Å². The van der Waals surface area contributed by atoms with Crippen LogP contribution in [0.25, 0.3) is 0 Å². The summed E-state index contributed by atoms with van der Waals surface area (Å²) in [6.45, 7) is 2.41. The van der Waals surface area contributed by atoms with Crippen molar-refractivity contribution in [3.63, 3.8) is 0 Å². The Morgan fingerprint density at radius 3 is 2.56 bits per heavy atom. The van der Waals surface area contributed by atoms with E-state index in [1.165, 1.54) is 10.4 Å². The normalized spacial score (nSPS) is 12.1. The third-order valence-electron chi connectivity index (χ3n) is 2.12. The van der Waals surface area contributed by atoms with Crippen LogP contribution >= 0.6 is 27.5 Å². The topological polar surface area (TPSA) is 37.4 Å². The Labute approximate surface area is 110 Å². The van der Waals surface area contributed by atoms with Crippen molar-refractivity contribution >= 4 is 37.6 Å². The average Bonchev–Trinajstić information content (AvgIpc) is 2.17. The third-order valence-corrected chi connectivity index (χ3v) is 4.95. The highest BCUT2D eigenvalue weighted by Crippen LogP contribution is 2.27. The summed E-state index contributed by atoms with van der Waals surface area (Å²) in [5.41, 5.74) is 0. The summed E-state index contributed by atoms with van der Waals surface area (Å²) < 4.78 is 26.2. The monoisotopic (exact) mass is 325 g/mol. The molecule has 0 aliphatic rings. The van der Waals surface area contributed by atoms with E-state index in [2.05, 4.69) is 15.9 Å². The Kier molecular flexibility index (Phi) is 4.79. The fourth-order valence-electron chi connectivity index (χ4n) is 1.29. The van der Waals surface area contributed by atoms with E-state index in [1.807, 2.05) is 6.92 Å². The molecule has 0 bridgehead atoms. The fourth-order valence-corrected chi connectivity index (χ4v) is 3.56. The Morgan fingerprint density at radius 2 is 2.06 bits per heavy atom. The number of sulfonamides is 1. The minimum absolute atomic E-state index is 0.147. The molecule has 0 heterocycles. The van der Waals surface area contributed by atoms with Crippen molar-refractivity contribution in [2.75, 3.05) is 13.6 Å². The van der Waals surface area contributed by atoms with Gasteiger partial charge in [0, 0.05) is 18.1 Å². The van der Waals surface area contributed by atoms with Crippen molar-refractivity contribution in [2.24, 2.45) is 0 Å².